The Bertz CT molecular complexity index is 1230. The number of benzene rings is 2. The summed E-state index contributed by atoms with van der Waals surface area (Å²) in [5.74, 6) is -0.990. The van der Waals surface area contributed by atoms with E-state index < -0.39 is 41.7 Å². The molecule has 0 aliphatic carbocycles. The number of carbonyl (C=O) groups is 4. The highest BCUT2D eigenvalue weighted by Gasteiger charge is 2.31. The van der Waals surface area contributed by atoms with E-state index in [4.69, 9.17) is 18.9 Å². The standard InChI is InChI=1S/C31H40N2O8/c1-30(2,3)19-39-29(37)33-23(28(36)41-31(4,5)6)17-21-12-13-24-22(16-21)32-27(35)25(40-24)14-15-26(34)38-18-20-10-8-7-9-11-20/h7-13,16,23,25H,14-15,17-19H2,1-6H3,(H,32,35)(H,33,37)/t23-,25?/m0/s1. The lowest BCUT2D eigenvalue weighted by Crippen LogP contribution is -2.46. The molecule has 10 nitrogen and oxygen atoms in total. The number of amides is 2. The van der Waals surface area contributed by atoms with Crippen LogP contribution in [0.1, 0.15) is 65.5 Å². The number of hydrogen-bond acceptors (Lipinski definition) is 8. The normalized spacial score (nSPS) is 15.5. The van der Waals surface area contributed by atoms with Gasteiger partial charge in [-0.2, -0.15) is 0 Å². The molecule has 0 bridgehead atoms. The molecule has 2 aromatic rings. The second-order valence-corrected chi connectivity index (χ2v) is 12.2. The number of anilines is 1. The summed E-state index contributed by atoms with van der Waals surface area (Å²) in [5, 5.41) is 5.41. The topological polar surface area (TPSA) is 129 Å². The summed E-state index contributed by atoms with van der Waals surface area (Å²) < 4.78 is 21.9. The second kappa shape index (κ2) is 13.5. The first kappa shape index (κ1) is 31.4. The Morgan fingerprint density at radius 1 is 0.976 bits per heavy atom. The van der Waals surface area contributed by atoms with Crippen molar-refractivity contribution in [1.82, 2.24) is 5.32 Å². The van der Waals surface area contributed by atoms with Gasteiger partial charge in [-0.3, -0.25) is 9.59 Å². The Morgan fingerprint density at radius 3 is 2.34 bits per heavy atom. The van der Waals surface area contributed by atoms with Crippen molar-refractivity contribution in [2.75, 3.05) is 11.9 Å². The highest BCUT2D eigenvalue weighted by molar-refractivity contribution is 5.98. The summed E-state index contributed by atoms with van der Waals surface area (Å²) in [6, 6.07) is 13.4. The molecule has 3 rings (SSSR count). The van der Waals surface area contributed by atoms with Gasteiger partial charge in [-0.25, -0.2) is 9.59 Å². The molecule has 2 atom stereocenters. The van der Waals surface area contributed by atoms with E-state index in [1.165, 1.54) is 0 Å². The Labute approximate surface area is 241 Å². The van der Waals surface area contributed by atoms with Gasteiger partial charge in [0.05, 0.1) is 12.3 Å². The van der Waals surface area contributed by atoms with Gasteiger partial charge in [-0.1, -0.05) is 57.2 Å². The fourth-order valence-corrected chi connectivity index (χ4v) is 3.84. The predicted octanol–water partition coefficient (Wildman–Crippen LogP) is 4.93. The van der Waals surface area contributed by atoms with Crippen LogP contribution in [0.2, 0.25) is 0 Å². The molecule has 1 aliphatic heterocycles. The molecular weight excluding hydrogens is 528 g/mol. The zero-order chi connectivity index (χ0) is 30.2. The lowest BCUT2D eigenvalue weighted by atomic mass is 9.99. The molecule has 0 spiro atoms. The molecule has 0 saturated carbocycles. The van der Waals surface area contributed by atoms with E-state index in [1.54, 1.807) is 39.0 Å². The van der Waals surface area contributed by atoms with Gasteiger partial charge < -0.3 is 29.6 Å². The van der Waals surface area contributed by atoms with Crippen molar-refractivity contribution in [2.24, 2.45) is 5.41 Å². The summed E-state index contributed by atoms with van der Waals surface area (Å²) in [4.78, 5) is 50.2. The van der Waals surface area contributed by atoms with Crippen molar-refractivity contribution in [3.8, 4) is 5.75 Å². The van der Waals surface area contributed by atoms with Gasteiger partial charge in [0, 0.05) is 19.3 Å². The van der Waals surface area contributed by atoms with Crippen molar-refractivity contribution in [3.63, 3.8) is 0 Å². The highest BCUT2D eigenvalue weighted by atomic mass is 16.6. The lowest BCUT2D eigenvalue weighted by molar-refractivity contribution is -0.157. The Balaban J connectivity index is 1.61. The molecule has 41 heavy (non-hydrogen) atoms. The van der Waals surface area contributed by atoms with Crippen molar-refractivity contribution < 1.29 is 38.1 Å². The quantitative estimate of drug-likeness (QED) is 0.305. The van der Waals surface area contributed by atoms with Crippen LogP contribution in [0.25, 0.3) is 0 Å². The summed E-state index contributed by atoms with van der Waals surface area (Å²) in [6.45, 7) is 11.3. The molecule has 1 heterocycles. The van der Waals surface area contributed by atoms with Gasteiger partial charge in [0.15, 0.2) is 6.10 Å². The number of ether oxygens (including phenoxy) is 4. The highest BCUT2D eigenvalue weighted by Crippen LogP contribution is 2.32. The van der Waals surface area contributed by atoms with Crippen LogP contribution in [0.3, 0.4) is 0 Å². The fraction of sp³-hybridized carbons (Fsp3) is 0.484. The van der Waals surface area contributed by atoms with E-state index in [2.05, 4.69) is 10.6 Å². The molecule has 0 saturated heterocycles. The van der Waals surface area contributed by atoms with Crippen molar-refractivity contribution >= 4 is 29.6 Å². The second-order valence-electron chi connectivity index (χ2n) is 12.2. The van der Waals surface area contributed by atoms with Gasteiger partial charge in [0.1, 0.15) is 24.0 Å². The third-order valence-electron chi connectivity index (χ3n) is 5.78. The van der Waals surface area contributed by atoms with Gasteiger partial charge in [-0.05, 0) is 49.4 Å². The average Bonchev–Trinajstić information content (AvgIpc) is 2.88. The van der Waals surface area contributed by atoms with E-state index in [0.29, 0.717) is 17.0 Å². The Kier molecular flexibility index (Phi) is 10.4. The number of hydrogen-bond donors (Lipinski definition) is 2. The van der Waals surface area contributed by atoms with Crippen LogP contribution in [-0.4, -0.2) is 48.3 Å². The van der Waals surface area contributed by atoms with Crippen LogP contribution < -0.4 is 15.4 Å². The van der Waals surface area contributed by atoms with Crippen LogP contribution >= 0.6 is 0 Å². The molecule has 2 N–H and O–H groups in total. The number of carbonyl (C=O) groups excluding carboxylic acids is 4. The smallest absolute Gasteiger partial charge is 0.407 e. The maximum atomic E-state index is 12.9. The van der Waals surface area contributed by atoms with Crippen molar-refractivity contribution in [1.29, 1.82) is 0 Å². The molecule has 0 radical (unpaired) electrons. The van der Waals surface area contributed by atoms with Gasteiger partial charge >= 0.3 is 18.0 Å². The van der Waals surface area contributed by atoms with E-state index in [0.717, 1.165) is 5.56 Å². The van der Waals surface area contributed by atoms with Gasteiger partial charge in [0.2, 0.25) is 0 Å². The lowest BCUT2D eigenvalue weighted by Gasteiger charge is -2.27. The van der Waals surface area contributed by atoms with E-state index in [1.807, 2.05) is 51.1 Å². The van der Waals surface area contributed by atoms with Crippen LogP contribution in [0.4, 0.5) is 10.5 Å². The molecule has 222 valence electrons. The van der Waals surface area contributed by atoms with Crippen LogP contribution in [0.5, 0.6) is 5.75 Å². The number of fused-ring (bicyclic) bond motifs is 1. The fourth-order valence-electron chi connectivity index (χ4n) is 3.84. The zero-order valence-electron chi connectivity index (χ0n) is 24.6. The largest absolute Gasteiger partial charge is 0.478 e. The summed E-state index contributed by atoms with van der Waals surface area (Å²) in [6.07, 6.45) is -1.31. The maximum Gasteiger partial charge on any atom is 0.407 e. The molecule has 0 aromatic heterocycles. The minimum Gasteiger partial charge on any atom is -0.478 e. The van der Waals surface area contributed by atoms with Crippen LogP contribution in [-0.2, 0) is 41.6 Å². The molecule has 2 aromatic carbocycles. The first-order chi connectivity index (χ1) is 19.2. The maximum absolute atomic E-state index is 12.9. The first-order valence-corrected chi connectivity index (χ1v) is 13.6. The number of rotatable bonds is 10. The molecule has 1 aliphatic rings. The number of nitrogens with one attached hydrogen (secondary N) is 2. The Morgan fingerprint density at radius 2 is 1.68 bits per heavy atom. The minimum atomic E-state index is -1.02. The third-order valence-corrected chi connectivity index (χ3v) is 5.78. The first-order valence-electron chi connectivity index (χ1n) is 13.6. The van der Waals surface area contributed by atoms with E-state index in [9.17, 15) is 19.2 Å². The van der Waals surface area contributed by atoms with Crippen molar-refractivity contribution in [3.05, 3.63) is 59.7 Å². The minimum absolute atomic E-state index is 0.0207. The monoisotopic (exact) mass is 568 g/mol. The molecule has 10 heteroatoms. The third kappa shape index (κ3) is 10.8. The Hall–Kier alpha value is -4.08. The zero-order valence-corrected chi connectivity index (χ0v) is 24.6. The average molecular weight is 569 g/mol. The summed E-state index contributed by atoms with van der Waals surface area (Å²) in [5.41, 5.74) is 0.960. The van der Waals surface area contributed by atoms with E-state index >= 15 is 0 Å². The SMILES string of the molecule is CC(C)(C)COC(=O)N[C@@H](Cc1ccc2c(c1)NC(=O)C(CCC(=O)OCc1ccccc1)O2)C(=O)OC(C)(C)C. The van der Waals surface area contributed by atoms with Gasteiger partial charge in [-0.15, -0.1) is 0 Å². The number of alkyl carbamates (subject to hydrolysis) is 1. The molecule has 2 amide bonds. The number of esters is 2. The predicted molar refractivity (Wildman–Crippen MR) is 152 cm³/mol. The van der Waals surface area contributed by atoms with Crippen molar-refractivity contribution in [2.45, 2.75) is 85.2 Å². The molecular formula is C31H40N2O8. The molecule has 1 unspecified atom stereocenters. The summed E-state index contributed by atoms with van der Waals surface area (Å²) >= 11 is 0. The van der Waals surface area contributed by atoms with Crippen LogP contribution in [0.15, 0.2) is 48.5 Å². The molecule has 0 fully saturated rings. The van der Waals surface area contributed by atoms with Gasteiger partial charge in [0.25, 0.3) is 5.91 Å². The summed E-state index contributed by atoms with van der Waals surface area (Å²) in [7, 11) is 0. The van der Waals surface area contributed by atoms with E-state index in [-0.39, 0.29) is 37.9 Å². The van der Waals surface area contributed by atoms with Crippen LogP contribution in [0, 0.1) is 5.41 Å².